The minimum Gasteiger partial charge on any atom is -0.484 e. The summed E-state index contributed by atoms with van der Waals surface area (Å²) in [5.74, 6) is 1.48. The van der Waals surface area contributed by atoms with Crippen LogP contribution in [0.5, 0.6) is 5.75 Å². The lowest BCUT2D eigenvalue weighted by molar-refractivity contribution is 0.145. The maximum atomic E-state index is 6.05. The van der Waals surface area contributed by atoms with Crippen molar-refractivity contribution in [1.29, 1.82) is 0 Å². The van der Waals surface area contributed by atoms with Crippen molar-refractivity contribution in [2.24, 2.45) is 0 Å². The molecule has 0 aromatic heterocycles. The Hall–Kier alpha value is -1.24. The summed E-state index contributed by atoms with van der Waals surface area (Å²) in [6.07, 6.45) is 2.12. The van der Waals surface area contributed by atoms with Crippen molar-refractivity contribution in [3.05, 3.63) is 42.0 Å². The van der Waals surface area contributed by atoms with E-state index in [-0.39, 0.29) is 5.60 Å². The Morgan fingerprint density at radius 1 is 1.22 bits per heavy atom. The van der Waals surface area contributed by atoms with Gasteiger partial charge in [-0.3, -0.25) is 0 Å². The van der Waals surface area contributed by atoms with E-state index in [0.717, 1.165) is 24.2 Å². The van der Waals surface area contributed by atoms with E-state index >= 15 is 0 Å². The molecular weight excluding hydrogens is 220 g/mol. The summed E-state index contributed by atoms with van der Waals surface area (Å²) in [6, 6.07) is 8.38. The molecule has 0 aliphatic heterocycles. The van der Waals surface area contributed by atoms with Crippen LogP contribution in [-0.4, -0.2) is 5.60 Å². The smallest absolute Gasteiger partial charge is 0.124 e. The maximum Gasteiger partial charge on any atom is 0.124 e. The van der Waals surface area contributed by atoms with Crippen molar-refractivity contribution in [2.45, 2.75) is 59.0 Å². The highest BCUT2D eigenvalue weighted by Crippen LogP contribution is 2.27. The first-order valence-electron chi connectivity index (χ1n) is 6.84. The first-order chi connectivity index (χ1) is 8.36. The molecular formula is C17H26O. The van der Waals surface area contributed by atoms with Crippen LogP contribution >= 0.6 is 0 Å². The molecule has 100 valence electrons. The van der Waals surface area contributed by atoms with Gasteiger partial charge in [0.2, 0.25) is 0 Å². The van der Waals surface area contributed by atoms with E-state index in [4.69, 9.17) is 4.74 Å². The van der Waals surface area contributed by atoms with Crippen molar-refractivity contribution in [1.82, 2.24) is 0 Å². The molecule has 0 spiro atoms. The van der Waals surface area contributed by atoms with Gasteiger partial charge in [-0.2, -0.15) is 0 Å². The van der Waals surface area contributed by atoms with Gasteiger partial charge in [0.25, 0.3) is 0 Å². The molecule has 1 heteroatoms. The van der Waals surface area contributed by atoms with Crippen LogP contribution < -0.4 is 4.74 Å². The number of rotatable bonds is 6. The SMILES string of the molecule is C=C(CCC)C(C)(C)Oc1ccc(C(C)C)cc1. The predicted molar refractivity (Wildman–Crippen MR) is 79.3 cm³/mol. The minimum atomic E-state index is -0.296. The van der Waals surface area contributed by atoms with Crippen LogP contribution in [-0.2, 0) is 0 Å². The number of hydrogen-bond acceptors (Lipinski definition) is 1. The van der Waals surface area contributed by atoms with Gasteiger partial charge in [0, 0.05) is 0 Å². The summed E-state index contributed by atoms with van der Waals surface area (Å²) in [5.41, 5.74) is 2.19. The quantitative estimate of drug-likeness (QED) is 0.617. The van der Waals surface area contributed by atoms with Gasteiger partial charge in [-0.1, -0.05) is 45.9 Å². The van der Waals surface area contributed by atoms with Crippen LogP contribution in [0, 0.1) is 0 Å². The Labute approximate surface area is 112 Å². The zero-order valence-corrected chi connectivity index (χ0v) is 12.4. The topological polar surface area (TPSA) is 9.23 Å². The molecule has 0 saturated heterocycles. The lowest BCUT2D eigenvalue weighted by Gasteiger charge is -2.29. The average Bonchev–Trinajstić information content (AvgIpc) is 2.29. The van der Waals surface area contributed by atoms with E-state index in [1.54, 1.807) is 0 Å². The Kier molecular flexibility index (Phi) is 5.01. The van der Waals surface area contributed by atoms with Crippen molar-refractivity contribution in [3.8, 4) is 5.75 Å². The number of hydrogen-bond donors (Lipinski definition) is 0. The molecule has 0 radical (unpaired) electrons. The van der Waals surface area contributed by atoms with Crippen LogP contribution in [0.15, 0.2) is 36.4 Å². The molecule has 1 aromatic carbocycles. The molecule has 18 heavy (non-hydrogen) atoms. The fourth-order valence-electron chi connectivity index (χ4n) is 1.89. The highest BCUT2D eigenvalue weighted by atomic mass is 16.5. The van der Waals surface area contributed by atoms with Crippen LogP contribution in [0.2, 0.25) is 0 Å². The second-order valence-corrected chi connectivity index (χ2v) is 5.69. The fourth-order valence-corrected chi connectivity index (χ4v) is 1.89. The van der Waals surface area contributed by atoms with Crippen molar-refractivity contribution < 1.29 is 4.74 Å². The summed E-state index contributed by atoms with van der Waals surface area (Å²) in [6.45, 7) is 14.9. The number of benzene rings is 1. The van der Waals surface area contributed by atoms with E-state index in [9.17, 15) is 0 Å². The van der Waals surface area contributed by atoms with E-state index in [0.29, 0.717) is 5.92 Å². The zero-order valence-electron chi connectivity index (χ0n) is 12.4. The summed E-state index contributed by atoms with van der Waals surface area (Å²) < 4.78 is 6.05. The summed E-state index contributed by atoms with van der Waals surface area (Å²) in [7, 11) is 0. The highest BCUT2D eigenvalue weighted by molar-refractivity contribution is 5.30. The van der Waals surface area contributed by atoms with Gasteiger partial charge in [-0.15, -0.1) is 0 Å². The fraction of sp³-hybridized carbons (Fsp3) is 0.529. The van der Waals surface area contributed by atoms with Gasteiger partial charge in [-0.25, -0.2) is 0 Å². The molecule has 0 saturated carbocycles. The standard InChI is InChI=1S/C17H26O/c1-7-8-14(4)17(5,6)18-16-11-9-15(10-12-16)13(2)3/h9-13H,4,7-8H2,1-3,5-6H3. The lowest BCUT2D eigenvalue weighted by Crippen LogP contribution is -2.30. The van der Waals surface area contributed by atoms with Crippen LogP contribution in [0.3, 0.4) is 0 Å². The second kappa shape index (κ2) is 6.08. The average molecular weight is 246 g/mol. The van der Waals surface area contributed by atoms with Gasteiger partial charge in [-0.05, 0) is 49.5 Å². The molecule has 0 aliphatic carbocycles. The largest absolute Gasteiger partial charge is 0.484 e. The summed E-state index contributed by atoms with van der Waals surface area (Å²) in [4.78, 5) is 0. The van der Waals surface area contributed by atoms with Gasteiger partial charge in [0.1, 0.15) is 11.4 Å². The predicted octanol–water partition coefficient (Wildman–Crippen LogP) is 5.32. The summed E-state index contributed by atoms with van der Waals surface area (Å²) >= 11 is 0. The Morgan fingerprint density at radius 2 is 1.78 bits per heavy atom. The molecule has 0 aliphatic rings. The monoisotopic (exact) mass is 246 g/mol. The van der Waals surface area contributed by atoms with Crippen LogP contribution in [0.25, 0.3) is 0 Å². The molecule has 1 rings (SSSR count). The molecule has 0 fully saturated rings. The highest BCUT2D eigenvalue weighted by Gasteiger charge is 2.23. The maximum absolute atomic E-state index is 6.05. The molecule has 1 aromatic rings. The normalized spacial score (nSPS) is 11.7. The first kappa shape index (κ1) is 14.8. The van der Waals surface area contributed by atoms with Crippen LogP contribution in [0.1, 0.15) is 58.9 Å². The lowest BCUT2D eigenvalue weighted by atomic mass is 9.95. The Morgan fingerprint density at radius 3 is 2.22 bits per heavy atom. The van der Waals surface area contributed by atoms with Gasteiger partial charge in [0.15, 0.2) is 0 Å². The van der Waals surface area contributed by atoms with E-state index < -0.39 is 0 Å². The minimum absolute atomic E-state index is 0.296. The molecule has 0 N–H and O–H groups in total. The number of ether oxygens (including phenoxy) is 1. The third-order valence-corrected chi connectivity index (χ3v) is 3.32. The molecule has 1 nitrogen and oxygen atoms in total. The first-order valence-corrected chi connectivity index (χ1v) is 6.84. The van der Waals surface area contributed by atoms with Gasteiger partial charge in [0.05, 0.1) is 0 Å². The van der Waals surface area contributed by atoms with Crippen LogP contribution in [0.4, 0.5) is 0 Å². The zero-order chi connectivity index (χ0) is 13.8. The van der Waals surface area contributed by atoms with Gasteiger partial charge < -0.3 is 4.74 Å². The van der Waals surface area contributed by atoms with Crippen molar-refractivity contribution >= 4 is 0 Å². The second-order valence-electron chi connectivity index (χ2n) is 5.69. The summed E-state index contributed by atoms with van der Waals surface area (Å²) in [5, 5.41) is 0. The van der Waals surface area contributed by atoms with E-state index in [1.807, 2.05) is 0 Å². The third kappa shape index (κ3) is 3.90. The molecule has 0 atom stereocenters. The molecule has 0 heterocycles. The molecule has 0 amide bonds. The van der Waals surface area contributed by atoms with Crippen molar-refractivity contribution in [2.75, 3.05) is 0 Å². The Balaban J connectivity index is 2.75. The third-order valence-electron chi connectivity index (χ3n) is 3.32. The van der Waals surface area contributed by atoms with Gasteiger partial charge >= 0.3 is 0 Å². The van der Waals surface area contributed by atoms with Crippen molar-refractivity contribution in [3.63, 3.8) is 0 Å². The van der Waals surface area contributed by atoms with E-state index in [1.165, 1.54) is 5.56 Å². The molecule has 0 bridgehead atoms. The molecule has 0 unspecified atom stereocenters. The van der Waals surface area contributed by atoms with E-state index in [2.05, 4.69) is 65.5 Å². The Bertz CT molecular complexity index is 385.